The zero-order valence-electron chi connectivity index (χ0n) is 7.76. The molecular weight excluding hydrogens is 251 g/mol. The molecule has 14 heteroatoms. The van der Waals surface area contributed by atoms with Gasteiger partial charge in [0.1, 0.15) is 0 Å². The molecule has 14 heavy (non-hydrogen) atoms. The van der Waals surface area contributed by atoms with Gasteiger partial charge in [0, 0.05) is 0 Å². The molecule has 7 nitrogen and oxygen atoms in total. The van der Waals surface area contributed by atoms with Crippen LogP contribution in [0.4, 0.5) is 0 Å². The zero-order valence-corrected chi connectivity index (χ0v) is 11.3. The first kappa shape index (κ1) is 25.1. The van der Waals surface area contributed by atoms with Crippen LogP contribution < -0.4 is 71.3 Å². The van der Waals surface area contributed by atoms with E-state index in [0.717, 1.165) is 25.5 Å². The maximum absolute atomic E-state index is 8.55. The Labute approximate surface area is 122 Å². The van der Waals surface area contributed by atoms with Crippen LogP contribution in [0.5, 0.6) is 0 Å². The molecule has 0 radical (unpaired) electrons. The second-order valence-corrected chi connectivity index (χ2v) is 4.56. The largest absolute Gasteiger partial charge is 1.00 e. The molecule has 0 atom stereocenters. The fourth-order valence-corrected chi connectivity index (χ4v) is 1.93. The van der Waals surface area contributed by atoms with Crippen molar-refractivity contribution in [3.05, 3.63) is 0 Å². The van der Waals surface area contributed by atoms with Crippen molar-refractivity contribution >= 4 is 33.4 Å². The Morgan fingerprint density at radius 2 is 0.929 bits per heavy atom. The van der Waals surface area contributed by atoms with E-state index >= 15 is 0 Å². The summed E-state index contributed by atoms with van der Waals surface area (Å²) in [7, 11) is -2.90. The van der Waals surface area contributed by atoms with E-state index in [4.69, 9.17) is 19.2 Å². The Morgan fingerprint density at radius 3 is 1.00 bits per heavy atom. The second-order valence-electron chi connectivity index (χ2n) is 0.984. The fourth-order valence-electron chi connectivity index (χ4n) is 0.107. The monoisotopic (exact) mass is 251 g/mol. The minimum atomic E-state index is -5.39. The van der Waals surface area contributed by atoms with Crippen LogP contribution in [-0.4, -0.2) is 13.5 Å². The van der Waals surface area contributed by atoms with Gasteiger partial charge < -0.3 is 19.2 Å². The van der Waals surface area contributed by atoms with Gasteiger partial charge in [-0.05, 0) is 0 Å². The van der Waals surface area contributed by atoms with Crippen molar-refractivity contribution in [1.82, 2.24) is 13.5 Å². The Morgan fingerprint density at radius 1 is 0.786 bits per heavy atom. The van der Waals surface area contributed by atoms with Crippen molar-refractivity contribution in [3.8, 4) is 0 Å². The van der Waals surface area contributed by atoms with Gasteiger partial charge in [-0.15, -0.1) is 0 Å². The minimum Gasteiger partial charge on any atom is -0.822 e. The standard InChI is InChI=1S/3Li.N3P3.H3O4P/c;;;1-4-2-6-3-5-1;1-5(2,3)4/h;;;;(H3,1,2,3,4)/q3*+1;;/p-3. The Balaban J connectivity index is -0.0000000597. The van der Waals surface area contributed by atoms with Gasteiger partial charge in [-0.3, -0.25) is 0 Å². The summed E-state index contributed by atoms with van der Waals surface area (Å²) in [4.78, 5) is 25.6. The van der Waals surface area contributed by atoms with E-state index < -0.39 is 7.82 Å². The van der Waals surface area contributed by atoms with Gasteiger partial charge in [-0.1, -0.05) is 0 Å². The Hall–Kier alpha value is 2.20. The first-order chi connectivity index (χ1) is 5.00. The summed E-state index contributed by atoms with van der Waals surface area (Å²) in [6.07, 6.45) is 0. The average Bonchev–Trinajstić information content (AvgIpc) is 1.88. The molecule has 1 rings (SSSR count). The third-order valence-electron chi connectivity index (χ3n) is 0.240. The molecule has 0 amide bonds. The van der Waals surface area contributed by atoms with Gasteiger partial charge in [-0.25, -0.2) is 0 Å². The summed E-state index contributed by atoms with van der Waals surface area (Å²) in [5, 5.41) is 0. The third-order valence-corrected chi connectivity index (χ3v) is 2.16. The molecule has 1 aromatic rings. The molecule has 1 heterocycles. The van der Waals surface area contributed by atoms with Gasteiger partial charge in [-0.2, -0.15) is 21.3 Å². The van der Waals surface area contributed by atoms with Gasteiger partial charge in [0.2, 0.25) is 0 Å². The van der Waals surface area contributed by atoms with Crippen molar-refractivity contribution in [2.45, 2.75) is 0 Å². The van der Waals surface area contributed by atoms with Crippen LogP contribution >= 0.6 is 33.4 Å². The summed E-state index contributed by atoms with van der Waals surface area (Å²) >= 11 is 0. The maximum atomic E-state index is 8.55. The van der Waals surface area contributed by atoms with Crippen LogP contribution in [0.3, 0.4) is 0 Å². The van der Waals surface area contributed by atoms with E-state index in [0.29, 0.717) is 0 Å². The molecule has 0 aliphatic heterocycles. The van der Waals surface area contributed by atoms with Crippen LogP contribution in [0.2, 0.25) is 0 Å². The Kier molecular flexibility index (Phi) is 27.3. The summed E-state index contributed by atoms with van der Waals surface area (Å²) in [5.74, 6) is 0. The molecule has 0 fully saturated rings. The normalized spacial score (nSPS) is 9.36. The maximum Gasteiger partial charge on any atom is 1.00 e. The number of rotatable bonds is 0. The summed E-state index contributed by atoms with van der Waals surface area (Å²) in [5.41, 5.74) is 0. The van der Waals surface area contributed by atoms with Crippen molar-refractivity contribution in [2.75, 3.05) is 0 Å². The first-order valence-electron chi connectivity index (χ1n) is 1.93. The van der Waals surface area contributed by atoms with Crippen molar-refractivity contribution in [3.63, 3.8) is 0 Å². The van der Waals surface area contributed by atoms with Gasteiger partial charge in [0.15, 0.2) is 25.5 Å². The first-order valence-corrected chi connectivity index (χ1v) is 5.79. The van der Waals surface area contributed by atoms with Crippen LogP contribution in [0.15, 0.2) is 0 Å². The predicted molar refractivity (Wildman–Crippen MR) is 35.0 cm³/mol. The molecule has 62 valence electrons. The average molecular weight is 251 g/mol. The summed E-state index contributed by atoms with van der Waals surface area (Å²) < 4.78 is 19.9. The van der Waals surface area contributed by atoms with Crippen molar-refractivity contribution in [1.29, 1.82) is 0 Å². The summed E-state index contributed by atoms with van der Waals surface area (Å²) in [6, 6.07) is 0. The zero-order chi connectivity index (χ0) is 8.74. The smallest absolute Gasteiger partial charge is 0.822 e. The van der Waals surface area contributed by atoms with Crippen LogP contribution in [-0.2, 0) is 4.57 Å². The number of phosphoric acid groups is 1. The van der Waals surface area contributed by atoms with Crippen LogP contribution in [0.1, 0.15) is 0 Å². The molecule has 0 N–H and O–H groups in total. The van der Waals surface area contributed by atoms with E-state index in [1.54, 1.807) is 0 Å². The number of nitrogens with zero attached hydrogens (tertiary/aromatic N) is 3. The molecule has 0 saturated carbocycles. The van der Waals surface area contributed by atoms with Crippen LogP contribution in [0.25, 0.3) is 0 Å². The molecule has 0 unspecified atom stereocenters. The number of hydrogen-bond donors (Lipinski definition) is 0. The fraction of sp³-hybridized carbons (Fsp3) is 0. The second kappa shape index (κ2) is 15.2. The molecule has 0 aliphatic rings. The molecule has 0 aromatic carbocycles. The molecule has 0 bridgehead atoms. The van der Waals surface area contributed by atoms with Gasteiger partial charge in [0.25, 0.3) is 0 Å². The number of hydrogen-bond acceptors (Lipinski definition) is 7. The predicted octanol–water partition coefficient (Wildman–Crippen LogP) is -10.2. The molecule has 1 aromatic heterocycles. The van der Waals surface area contributed by atoms with E-state index in [1.807, 2.05) is 0 Å². The topological polar surface area (TPSA) is 125 Å². The molecular formula is Li3N3O4P4. The van der Waals surface area contributed by atoms with E-state index in [9.17, 15) is 0 Å². The third kappa shape index (κ3) is 36.8. The minimum absolute atomic E-state index is 0. The van der Waals surface area contributed by atoms with E-state index in [-0.39, 0.29) is 56.6 Å². The van der Waals surface area contributed by atoms with Gasteiger partial charge >= 0.3 is 56.6 Å². The number of aromatic nitrogens is 3. The SMILES string of the molecule is O=P([O-])([O-])[O-].[Li+].[Li+].[Li+].n1pnpnp1. The van der Waals surface area contributed by atoms with E-state index in [2.05, 4.69) is 13.5 Å². The molecule has 0 spiro atoms. The Bertz CT molecular complexity index is 196. The van der Waals surface area contributed by atoms with Crippen molar-refractivity contribution < 1.29 is 75.8 Å². The molecule has 0 saturated heterocycles. The molecule has 0 aliphatic carbocycles. The van der Waals surface area contributed by atoms with E-state index in [1.165, 1.54) is 0 Å². The summed E-state index contributed by atoms with van der Waals surface area (Å²) in [6.45, 7) is 0. The van der Waals surface area contributed by atoms with Crippen molar-refractivity contribution in [2.24, 2.45) is 0 Å². The quantitative estimate of drug-likeness (QED) is 0.331. The van der Waals surface area contributed by atoms with Gasteiger partial charge in [0.05, 0.1) is 0 Å². The van der Waals surface area contributed by atoms with Crippen LogP contribution in [0, 0.1) is 0 Å².